The summed E-state index contributed by atoms with van der Waals surface area (Å²) in [7, 11) is 1.82. The van der Waals surface area contributed by atoms with Gasteiger partial charge in [-0.15, -0.1) is 0 Å². The molecule has 0 fully saturated rings. The van der Waals surface area contributed by atoms with E-state index in [1.807, 2.05) is 50.4 Å². The van der Waals surface area contributed by atoms with E-state index in [-0.39, 0.29) is 11.9 Å². The van der Waals surface area contributed by atoms with Crippen molar-refractivity contribution in [2.75, 3.05) is 17.3 Å². The van der Waals surface area contributed by atoms with E-state index in [4.69, 9.17) is 11.6 Å². The maximum absolute atomic E-state index is 12.2. The van der Waals surface area contributed by atoms with Crippen LogP contribution in [0.3, 0.4) is 0 Å². The number of halogens is 1. The summed E-state index contributed by atoms with van der Waals surface area (Å²) in [4.78, 5) is 13.9. The number of nitrogens with zero attached hydrogens (tertiary/aromatic N) is 1. The number of para-hydroxylation sites is 1. The highest BCUT2D eigenvalue weighted by atomic mass is 35.5. The minimum absolute atomic E-state index is 0.0259. The van der Waals surface area contributed by atoms with Crippen molar-refractivity contribution in [1.29, 1.82) is 0 Å². The molecule has 3 rings (SSSR count). The molecular weight excluding hydrogens is 284 g/mol. The molecular formula is C17H17ClN2O. The molecule has 0 spiro atoms. The fraction of sp³-hybridized carbons (Fsp3) is 0.235. The molecule has 2 aromatic rings. The monoisotopic (exact) mass is 300 g/mol. The summed E-state index contributed by atoms with van der Waals surface area (Å²) in [5.41, 5.74) is 4.19. The van der Waals surface area contributed by atoms with Crippen LogP contribution < -0.4 is 10.2 Å². The Hall–Kier alpha value is -2.00. The predicted octanol–water partition coefficient (Wildman–Crippen LogP) is 4.17. The zero-order valence-electron chi connectivity index (χ0n) is 12.1. The lowest BCUT2D eigenvalue weighted by molar-refractivity contribution is -0.118. The summed E-state index contributed by atoms with van der Waals surface area (Å²) < 4.78 is 0. The van der Waals surface area contributed by atoms with Gasteiger partial charge in [0.2, 0.25) is 5.91 Å². The third-order valence-corrected chi connectivity index (χ3v) is 4.19. The molecule has 0 aromatic heterocycles. The smallest absolute Gasteiger partial charge is 0.229 e. The molecule has 0 bridgehead atoms. The van der Waals surface area contributed by atoms with Gasteiger partial charge in [-0.05, 0) is 36.2 Å². The predicted molar refractivity (Wildman–Crippen MR) is 87.0 cm³/mol. The van der Waals surface area contributed by atoms with Gasteiger partial charge < -0.3 is 10.2 Å². The van der Waals surface area contributed by atoms with Gasteiger partial charge in [0.05, 0.1) is 12.5 Å². The van der Waals surface area contributed by atoms with Crippen molar-refractivity contribution < 1.29 is 4.79 Å². The van der Waals surface area contributed by atoms with Crippen LogP contribution in [-0.2, 0) is 4.79 Å². The number of benzene rings is 2. The van der Waals surface area contributed by atoms with E-state index in [0.29, 0.717) is 11.4 Å². The number of rotatable bonds is 2. The van der Waals surface area contributed by atoms with E-state index in [2.05, 4.69) is 11.4 Å². The van der Waals surface area contributed by atoms with Crippen LogP contribution in [0.2, 0.25) is 5.02 Å². The van der Waals surface area contributed by atoms with E-state index >= 15 is 0 Å². The summed E-state index contributed by atoms with van der Waals surface area (Å²) in [5, 5.41) is 4.16. The van der Waals surface area contributed by atoms with Crippen molar-refractivity contribution in [3.05, 3.63) is 58.6 Å². The van der Waals surface area contributed by atoms with Gasteiger partial charge in [0.25, 0.3) is 0 Å². The van der Waals surface area contributed by atoms with Gasteiger partial charge in [0.15, 0.2) is 0 Å². The summed E-state index contributed by atoms with van der Waals surface area (Å²) in [5.74, 6) is 0.117. The van der Waals surface area contributed by atoms with Crippen LogP contribution in [0.25, 0.3) is 0 Å². The molecule has 0 saturated carbocycles. The van der Waals surface area contributed by atoms with Crippen LogP contribution in [0.15, 0.2) is 42.5 Å². The number of hydrogen-bond donors (Lipinski definition) is 1. The molecule has 0 saturated heterocycles. The Balaban J connectivity index is 1.98. The van der Waals surface area contributed by atoms with Crippen molar-refractivity contribution in [2.45, 2.75) is 19.4 Å². The Kier molecular flexibility index (Phi) is 3.60. The lowest BCUT2D eigenvalue weighted by Gasteiger charge is -2.32. The topological polar surface area (TPSA) is 32.3 Å². The molecule has 1 aliphatic rings. The average Bonchev–Trinajstić information content (AvgIpc) is 2.48. The SMILES string of the molecule is Cc1ccc(Cl)cc1NC1CC(=O)N(C)c2ccccc21. The van der Waals surface area contributed by atoms with E-state index in [0.717, 1.165) is 22.5 Å². The van der Waals surface area contributed by atoms with Crippen molar-refractivity contribution >= 4 is 28.9 Å². The molecule has 1 atom stereocenters. The maximum atomic E-state index is 12.2. The number of carbonyl (C=O) groups is 1. The van der Waals surface area contributed by atoms with Crippen molar-refractivity contribution in [2.24, 2.45) is 0 Å². The maximum Gasteiger partial charge on any atom is 0.229 e. The third kappa shape index (κ3) is 2.61. The standard InChI is InChI=1S/C17H17ClN2O/c1-11-7-8-12(18)9-14(11)19-15-10-17(21)20(2)16-6-4-3-5-13(15)16/h3-9,15,19H,10H2,1-2H3. The third-order valence-electron chi connectivity index (χ3n) is 3.96. The van der Waals surface area contributed by atoms with Crippen molar-refractivity contribution in [1.82, 2.24) is 0 Å². The Bertz CT molecular complexity index is 699. The molecule has 1 aliphatic heterocycles. The molecule has 108 valence electrons. The molecule has 0 aliphatic carbocycles. The van der Waals surface area contributed by atoms with Gasteiger partial charge in [-0.3, -0.25) is 4.79 Å². The second-order valence-corrected chi connectivity index (χ2v) is 5.81. The Morgan fingerprint density at radius 1 is 1.24 bits per heavy atom. The number of amides is 1. The second-order valence-electron chi connectivity index (χ2n) is 5.37. The molecule has 21 heavy (non-hydrogen) atoms. The van der Waals surface area contributed by atoms with Gasteiger partial charge in [0, 0.05) is 23.4 Å². The molecule has 1 N–H and O–H groups in total. The normalized spacial score (nSPS) is 17.6. The van der Waals surface area contributed by atoms with Crippen molar-refractivity contribution in [3.63, 3.8) is 0 Å². The lowest BCUT2D eigenvalue weighted by atomic mass is 9.95. The Labute approximate surface area is 129 Å². The van der Waals surface area contributed by atoms with E-state index in [1.165, 1.54) is 0 Å². The Morgan fingerprint density at radius 3 is 2.81 bits per heavy atom. The zero-order chi connectivity index (χ0) is 15.0. The lowest BCUT2D eigenvalue weighted by Crippen LogP contribution is -2.35. The van der Waals surface area contributed by atoms with Gasteiger partial charge in [-0.1, -0.05) is 35.9 Å². The highest BCUT2D eigenvalue weighted by molar-refractivity contribution is 6.30. The summed E-state index contributed by atoms with van der Waals surface area (Å²) in [6.07, 6.45) is 0.444. The van der Waals surface area contributed by atoms with Gasteiger partial charge >= 0.3 is 0 Å². The molecule has 2 aromatic carbocycles. The second kappa shape index (κ2) is 5.41. The van der Waals surface area contributed by atoms with Gasteiger partial charge in [-0.2, -0.15) is 0 Å². The van der Waals surface area contributed by atoms with Crippen LogP contribution in [0.4, 0.5) is 11.4 Å². The summed E-state index contributed by atoms with van der Waals surface area (Å²) in [6, 6.07) is 13.7. The summed E-state index contributed by atoms with van der Waals surface area (Å²) in [6.45, 7) is 2.03. The van der Waals surface area contributed by atoms with E-state index in [1.54, 1.807) is 4.90 Å². The van der Waals surface area contributed by atoms with Crippen LogP contribution in [-0.4, -0.2) is 13.0 Å². The minimum atomic E-state index is -0.0259. The first-order valence-electron chi connectivity index (χ1n) is 6.94. The molecule has 4 heteroatoms. The largest absolute Gasteiger partial charge is 0.377 e. The van der Waals surface area contributed by atoms with Crippen LogP contribution in [0.1, 0.15) is 23.6 Å². The summed E-state index contributed by atoms with van der Waals surface area (Å²) >= 11 is 6.07. The number of nitrogens with one attached hydrogen (secondary N) is 1. The van der Waals surface area contributed by atoms with Crippen molar-refractivity contribution in [3.8, 4) is 0 Å². The number of fused-ring (bicyclic) bond motifs is 1. The highest BCUT2D eigenvalue weighted by Gasteiger charge is 2.28. The number of hydrogen-bond acceptors (Lipinski definition) is 2. The Morgan fingerprint density at radius 2 is 2.00 bits per heavy atom. The molecule has 0 radical (unpaired) electrons. The van der Waals surface area contributed by atoms with E-state index in [9.17, 15) is 4.79 Å². The van der Waals surface area contributed by atoms with Crippen LogP contribution in [0.5, 0.6) is 0 Å². The van der Waals surface area contributed by atoms with Crippen LogP contribution >= 0.6 is 11.6 Å². The molecule has 1 amide bonds. The van der Waals surface area contributed by atoms with Gasteiger partial charge in [0.1, 0.15) is 0 Å². The molecule has 3 nitrogen and oxygen atoms in total. The van der Waals surface area contributed by atoms with Crippen LogP contribution in [0, 0.1) is 6.92 Å². The van der Waals surface area contributed by atoms with Gasteiger partial charge in [-0.25, -0.2) is 0 Å². The minimum Gasteiger partial charge on any atom is -0.377 e. The zero-order valence-corrected chi connectivity index (χ0v) is 12.8. The molecule has 1 heterocycles. The fourth-order valence-electron chi connectivity index (χ4n) is 2.71. The number of carbonyl (C=O) groups excluding carboxylic acids is 1. The number of anilines is 2. The first-order valence-corrected chi connectivity index (χ1v) is 7.32. The average molecular weight is 301 g/mol. The molecule has 1 unspecified atom stereocenters. The first kappa shape index (κ1) is 14.0. The van der Waals surface area contributed by atoms with E-state index < -0.39 is 0 Å². The first-order chi connectivity index (χ1) is 10.1. The quantitative estimate of drug-likeness (QED) is 0.903. The number of aryl methyl sites for hydroxylation is 1. The highest BCUT2D eigenvalue weighted by Crippen LogP contribution is 2.36. The fourth-order valence-corrected chi connectivity index (χ4v) is 2.88.